The first-order valence-electron chi connectivity index (χ1n) is 4.66. The fraction of sp³-hybridized carbons (Fsp3) is 0.636. The number of aldehydes is 1. The Kier molecular flexibility index (Phi) is 2.79. The van der Waals surface area contributed by atoms with E-state index in [1.807, 2.05) is 19.9 Å². The molecule has 0 aromatic carbocycles. The Bertz CT molecular complexity index is 289. The summed E-state index contributed by atoms with van der Waals surface area (Å²) < 4.78 is 4.70. The summed E-state index contributed by atoms with van der Waals surface area (Å²) in [5, 5.41) is 0. The van der Waals surface area contributed by atoms with Crippen LogP contribution in [0.5, 0.6) is 0 Å². The molecule has 1 fully saturated rings. The third kappa shape index (κ3) is 1.72. The molecule has 0 heterocycles. The van der Waals surface area contributed by atoms with Gasteiger partial charge in [-0.05, 0) is 23.8 Å². The number of esters is 1. The van der Waals surface area contributed by atoms with E-state index in [1.165, 1.54) is 7.11 Å². The largest absolute Gasteiger partial charge is 0.469 e. The number of hydrogen-bond acceptors (Lipinski definition) is 3. The highest BCUT2D eigenvalue weighted by molar-refractivity contribution is 5.79. The molecule has 78 valence electrons. The van der Waals surface area contributed by atoms with Gasteiger partial charge in [-0.3, -0.25) is 9.59 Å². The van der Waals surface area contributed by atoms with E-state index in [9.17, 15) is 9.59 Å². The van der Waals surface area contributed by atoms with Gasteiger partial charge in [-0.15, -0.1) is 0 Å². The van der Waals surface area contributed by atoms with Gasteiger partial charge in [-0.2, -0.15) is 0 Å². The Morgan fingerprint density at radius 1 is 1.43 bits per heavy atom. The van der Waals surface area contributed by atoms with Crippen molar-refractivity contribution in [2.24, 2.45) is 17.3 Å². The van der Waals surface area contributed by atoms with Crippen molar-refractivity contribution in [2.75, 3.05) is 7.11 Å². The van der Waals surface area contributed by atoms with Gasteiger partial charge in [-0.25, -0.2) is 0 Å². The normalized spacial score (nSPS) is 29.6. The average Bonchev–Trinajstić information content (AvgIpc) is 2.67. The first-order valence-corrected chi connectivity index (χ1v) is 4.66. The van der Waals surface area contributed by atoms with Crippen molar-refractivity contribution < 1.29 is 14.3 Å². The molecule has 0 aromatic rings. The minimum absolute atomic E-state index is 0.0721. The molecule has 0 aromatic heterocycles. The lowest BCUT2D eigenvalue weighted by molar-refractivity contribution is -0.143. The van der Waals surface area contributed by atoms with Gasteiger partial charge in [-0.1, -0.05) is 19.9 Å². The Morgan fingerprint density at radius 2 is 2.00 bits per heavy atom. The quantitative estimate of drug-likeness (QED) is 0.391. The van der Waals surface area contributed by atoms with Gasteiger partial charge in [0.2, 0.25) is 0 Å². The number of ether oxygens (including phenoxy) is 1. The zero-order chi connectivity index (χ0) is 10.9. The summed E-state index contributed by atoms with van der Waals surface area (Å²) in [5.41, 5.74) is 0.603. The molecular formula is C11H16O3. The Labute approximate surface area is 84.1 Å². The molecule has 0 radical (unpaired) electrons. The van der Waals surface area contributed by atoms with Gasteiger partial charge in [0.05, 0.1) is 13.0 Å². The fourth-order valence-electron chi connectivity index (χ4n) is 1.89. The Morgan fingerprint density at radius 3 is 2.43 bits per heavy atom. The van der Waals surface area contributed by atoms with Crippen LogP contribution in [0.1, 0.15) is 20.8 Å². The Hall–Kier alpha value is -1.12. The molecule has 14 heavy (non-hydrogen) atoms. The summed E-state index contributed by atoms with van der Waals surface area (Å²) in [5.74, 6) is -0.141. The molecule has 2 atom stereocenters. The lowest BCUT2D eigenvalue weighted by atomic mass is 10.1. The maximum Gasteiger partial charge on any atom is 0.309 e. The van der Waals surface area contributed by atoms with Gasteiger partial charge in [0.15, 0.2) is 0 Å². The molecule has 0 saturated heterocycles. The molecule has 2 unspecified atom stereocenters. The molecule has 0 bridgehead atoms. The summed E-state index contributed by atoms with van der Waals surface area (Å²) >= 11 is 0. The third-order valence-electron chi connectivity index (χ3n) is 2.99. The molecule has 0 N–H and O–H groups in total. The van der Waals surface area contributed by atoms with Crippen LogP contribution in [-0.4, -0.2) is 19.4 Å². The minimum Gasteiger partial charge on any atom is -0.469 e. The Balaban J connectivity index is 2.76. The van der Waals surface area contributed by atoms with Crippen LogP contribution in [0.2, 0.25) is 0 Å². The highest BCUT2D eigenvalue weighted by Crippen LogP contribution is 2.59. The predicted molar refractivity (Wildman–Crippen MR) is 52.6 cm³/mol. The molecule has 1 saturated carbocycles. The maximum atomic E-state index is 11.3. The molecule has 0 amide bonds. The van der Waals surface area contributed by atoms with Gasteiger partial charge < -0.3 is 4.74 Å². The zero-order valence-corrected chi connectivity index (χ0v) is 9.03. The summed E-state index contributed by atoms with van der Waals surface area (Å²) in [6, 6.07) is 0. The molecule has 1 aliphatic rings. The fourth-order valence-corrected chi connectivity index (χ4v) is 1.89. The van der Waals surface area contributed by atoms with E-state index < -0.39 is 0 Å². The third-order valence-corrected chi connectivity index (χ3v) is 2.99. The number of carbonyl (C=O) groups is 2. The van der Waals surface area contributed by atoms with E-state index in [1.54, 1.807) is 6.92 Å². The highest BCUT2D eigenvalue weighted by Gasteiger charge is 2.61. The van der Waals surface area contributed by atoms with Crippen LogP contribution in [0.15, 0.2) is 11.6 Å². The summed E-state index contributed by atoms with van der Waals surface area (Å²) in [6.07, 6.45) is 2.66. The molecule has 3 nitrogen and oxygen atoms in total. The van der Waals surface area contributed by atoms with E-state index in [-0.39, 0.29) is 23.2 Å². The second-order valence-electron chi connectivity index (χ2n) is 4.38. The number of hydrogen-bond donors (Lipinski definition) is 0. The molecule has 0 aliphatic heterocycles. The van der Waals surface area contributed by atoms with Gasteiger partial charge in [0.25, 0.3) is 0 Å². The maximum absolute atomic E-state index is 11.3. The van der Waals surface area contributed by atoms with Gasteiger partial charge >= 0.3 is 5.97 Å². The van der Waals surface area contributed by atoms with E-state index in [0.717, 1.165) is 6.29 Å². The monoisotopic (exact) mass is 196 g/mol. The van der Waals surface area contributed by atoms with Crippen LogP contribution in [0.3, 0.4) is 0 Å². The van der Waals surface area contributed by atoms with Gasteiger partial charge in [0.1, 0.15) is 6.29 Å². The van der Waals surface area contributed by atoms with Crippen LogP contribution in [0.25, 0.3) is 0 Å². The summed E-state index contributed by atoms with van der Waals surface area (Å²) in [7, 11) is 1.39. The smallest absolute Gasteiger partial charge is 0.309 e. The topological polar surface area (TPSA) is 43.4 Å². The lowest BCUT2D eigenvalue weighted by Crippen LogP contribution is -2.07. The molecule has 1 aliphatic carbocycles. The summed E-state index contributed by atoms with van der Waals surface area (Å²) in [6.45, 7) is 5.76. The standard InChI is InChI=1S/C11H16O3/c1-7(6-12)5-8-9(10(13)14-4)11(8,2)3/h5-6,8-9H,1-4H3/b7-5+. The second-order valence-corrected chi connectivity index (χ2v) is 4.38. The summed E-state index contributed by atoms with van der Waals surface area (Å²) in [4.78, 5) is 21.8. The SMILES string of the molecule is COC(=O)C1C(/C=C(\C)C=O)C1(C)C. The van der Waals surface area contributed by atoms with E-state index in [2.05, 4.69) is 0 Å². The first-order chi connectivity index (χ1) is 6.45. The number of rotatable bonds is 3. The van der Waals surface area contributed by atoms with Crippen molar-refractivity contribution in [2.45, 2.75) is 20.8 Å². The van der Waals surface area contributed by atoms with E-state index in [0.29, 0.717) is 5.57 Å². The van der Waals surface area contributed by atoms with E-state index >= 15 is 0 Å². The van der Waals surface area contributed by atoms with Crippen molar-refractivity contribution in [3.8, 4) is 0 Å². The van der Waals surface area contributed by atoms with E-state index in [4.69, 9.17) is 4.74 Å². The first kappa shape index (κ1) is 11.0. The predicted octanol–water partition coefficient (Wildman–Crippen LogP) is 1.58. The zero-order valence-electron chi connectivity index (χ0n) is 9.03. The molecule has 3 heteroatoms. The number of methoxy groups -OCH3 is 1. The van der Waals surface area contributed by atoms with Crippen molar-refractivity contribution in [1.82, 2.24) is 0 Å². The van der Waals surface area contributed by atoms with Crippen molar-refractivity contribution in [3.63, 3.8) is 0 Å². The minimum atomic E-state index is -0.185. The molecular weight excluding hydrogens is 180 g/mol. The lowest BCUT2D eigenvalue weighted by Gasteiger charge is -1.99. The van der Waals surface area contributed by atoms with Crippen molar-refractivity contribution in [1.29, 1.82) is 0 Å². The van der Waals surface area contributed by atoms with Crippen molar-refractivity contribution >= 4 is 12.3 Å². The van der Waals surface area contributed by atoms with Gasteiger partial charge in [0, 0.05) is 0 Å². The van der Waals surface area contributed by atoms with Crippen LogP contribution >= 0.6 is 0 Å². The number of allylic oxidation sites excluding steroid dienone is 2. The van der Waals surface area contributed by atoms with Crippen LogP contribution in [0.4, 0.5) is 0 Å². The van der Waals surface area contributed by atoms with Crippen molar-refractivity contribution in [3.05, 3.63) is 11.6 Å². The second kappa shape index (κ2) is 3.56. The average molecular weight is 196 g/mol. The molecule has 1 rings (SSSR count). The van der Waals surface area contributed by atoms with Crippen LogP contribution in [-0.2, 0) is 14.3 Å². The van der Waals surface area contributed by atoms with Crippen LogP contribution in [0, 0.1) is 17.3 Å². The highest BCUT2D eigenvalue weighted by atomic mass is 16.5. The molecule has 0 spiro atoms. The number of carbonyl (C=O) groups excluding carboxylic acids is 2. The van der Waals surface area contributed by atoms with Crippen LogP contribution < -0.4 is 0 Å².